The first kappa shape index (κ1) is 21.0. The second-order valence-electron chi connectivity index (χ2n) is 6.19. The summed E-state index contributed by atoms with van der Waals surface area (Å²) in [6.07, 6.45) is 2.14. The van der Waals surface area contributed by atoms with Crippen molar-refractivity contribution in [3.8, 4) is 0 Å². The molecule has 26 heavy (non-hydrogen) atoms. The lowest BCUT2D eigenvalue weighted by Gasteiger charge is -2.27. The minimum atomic E-state index is -0.337. The third-order valence-electron chi connectivity index (χ3n) is 4.31. The molecule has 1 aromatic heterocycles. The standard InChI is InChI=1S/C18H24FN3O2S.ClH/c1-2-5-16(23)22(9-4-8-21-10-12-24-13-11-21)18-20-17-14(19)6-3-7-15(17)25-18;/h3,6-7H,2,4-5,8-13H2,1H3;1H. The van der Waals surface area contributed by atoms with E-state index in [0.29, 0.717) is 23.6 Å². The van der Waals surface area contributed by atoms with Gasteiger partial charge in [0.15, 0.2) is 5.13 Å². The van der Waals surface area contributed by atoms with Crippen molar-refractivity contribution >= 4 is 45.0 Å². The first-order valence-electron chi connectivity index (χ1n) is 8.84. The van der Waals surface area contributed by atoms with Crippen LogP contribution in [0.2, 0.25) is 0 Å². The van der Waals surface area contributed by atoms with Gasteiger partial charge in [-0.25, -0.2) is 9.37 Å². The molecule has 0 spiro atoms. The highest BCUT2D eigenvalue weighted by Crippen LogP contribution is 2.30. The summed E-state index contributed by atoms with van der Waals surface area (Å²) in [7, 11) is 0. The number of para-hydroxylation sites is 1. The van der Waals surface area contributed by atoms with Crippen molar-refractivity contribution in [2.75, 3.05) is 44.3 Å². The van der Waals surface area contributed by atoms with Crippen molar-refractivity contribution in [3.63, 3.8) is 0 Å². The summed E-state index contributed by atoms with van der Waals surface area (Å²) in [5, 5.41) is 0.598. The predicted molar refractivity (Wildman–Crippen MR) is 106 cm³/mol. The lowest BCUT2D eigenvalue weighted by Crippen LogP contribution is -2.39. The smallest absolute Gasteiger partial charge is 0.228 e. The van der Waals surface area contributed by atoms with E-state index in [2.05, 4.69) is 9.88 Å². The van der Waals surface area contributed by atoms with Crippen molar-refractivity contribution < 1.29 is 13.9 Å². The minimum absolute atomic E-state index is 0. The van der Waals surface area contributed by atoms with Crippen LogP contribution < -0.4 is 4.90 Å². The van der Waals surface area contributed by atoms with E-state index in [1.54, 1.807) is 11.0 Å². The normalized spacial score (nSPS) is 15.0. The van der Waals surface area contributed by atoms with Crippen molar-refractivity contribution in [3.05, 3.63) is 24.0 Å². The zero-order valence-corrected chi connectivity index (χ0v) is 16.6. The number of thiazole rings is 1. The van der Waals surface area contributed by atoms with E-state index in [0.717, 1.165) is 50.4 Å². The van der Waals surface area contributed by atoms with Crippen LogP contribution in [0, 0.1) is 5.82 Å². The Balaban J connectivity index is 0.00000243. The zero-order chi connectivity index (χ0) is 17.6. The van der Waals surface area contributed by atoms with Gasteiger partial charge in [-0.3, -0.25) is 14.6 Å². The largest absolute Gasteiger partial charge is 0.379 e. The third-order valence-corrected chi connectivity index (χ3v) is 5.36. The Labute approximate surface area is 163 Å². The van der Waals surface area contributed by atoms with Gasteiger partial charge in [-0.2, -0.15) is 0 Å². The SMILES string of the molecule is CCCC(=O)N(CCCN1CCOCC1)c1nc2c(F)cccc2s1.Cl. The molecule has 1 fully saturated rings. The number of carbonyl (C=O) groups excluding carboxylic acids is 1. The van der Waals surface area contributed by atoms with Gasteiger partial charge in [0.1, 0.15) is 11.3 Å². The van der Waals surface area contributed by atoms with Gasteiger partial charge >= 0.3 is 0 Å². The Bertz CT molecular complexity index is 722. The summed E-state index contributed by atoms with van der Waals surface area (Å²) in [5.41, 5.74) is 0.352. The number of halogens is 2. The summed E-state index contributed by atoms with van der Waals surface area (Å²) in [6, 6.07) is 4.93. The monoisotopic (exact) mass is 401 g/mol. The van der Waals surface area contributed by atoms with Crippen LogP contribution in [0.1, 0.15) is 26.2 Å². The summed E-state index contributed by atoms with van der Waals surface area (Å²) < 4.78 is 20.1. The quantitative estimate of drug-likeness (QED) is 0.709. The van der Waals surface area contributed by atoms with Crippen molar-refractivity contribution in [2.24, 2.45) is 0 Å². The highest BCUT2D eigenvalue weighted by atomic mass is 35.5. The van der Waals surface area contributed by atoms with Gasteiger partial charge in [-0.1, -0.05) is 24.3 Å². The molecule has 1 aliphatic heterocycles. The van der Waals surface area contributed by atoms with E-state index in [1.807, 2.05) is 13.0 Å². The number of benzene rings is 1. The summed E-state index contributed by atoms with van der Waals surface area (Å²) in [5.74, 6) is -0.278. The molecule has 1 amide bonds. The number of fused-ring (bicyclic) bond motifs is 1. The molecule has 5 nitrogen and oxygen atoms in total. The lowest BCUT2D eigenvalue weighted by atomic mass is 10.2. The Kier molecular flexibility index (Phi) is 8.21. The number of amides is 1. The molecule has 0 aliphatic carbocycles. The number of hydrogen-bond acceptors (Lipinski definition) is 5. The van der Waals surface area contributed by atoms with Gasteiger partial charge < -0.3 is 4.74 Å². The number of morpholine rings is 1. The van der Waals surface area contributed by atoms with E-state index >= 15 is 0 Å². The lowest BCUT2D eigenvalue weighted by molar-refractivity contribution is -0.118. The van der Waals surface area contributed by atoms with Crippen molar-refractivity contribution in [1.82, 2.24) is 9.88 Å². The Hall–Kier alpha value is -1.28. The Morgan fingerprint density at radius 3 is 2.85 bits per heavy atom. The summed E-state index contributed by atoms with van der Waals surface area (Å²) in [6.45, 7) is 6.95. The number of ether oxygens (including phenoxy) is 1. The average Bonchev–Trinajstić information content (AvgIpc) is 3.05. The molecule has 0 radical (unpaired) electrons. The topological polar surface area (TPSA) is 45.7 Å². The highest BCUT2D eigenvalue weighted by Gasteiger charge is 2.20. The molecule has 1 aromatic carbocycles. The van der Waals surface area contributed by atoms with Gasteiger partial charge in [0.05, 0.1) is 17.9 Å². The zero-order valence-electron chi connectivity index (χ0n) is 14.9. The molecule has 8 heteroatoms. The van der Waals surface area contributed by atoms with E-state index < -0.39 is 0 Å². The molecule has 2 aromatic rings. The van der Waals surface area contributed by atoms with Crippen LogP contribution >= 0.6 is 23.7 Å². The van der Waals surface area contributed by atoms with Crippen LogP contribution in [-0.4, -0.2) is 55.2 Å². The number of rotatable bonds is 7. The summed E-state index contributed by atoms with van der Waals surface area (Å²) >= 11 is 1.38. The average molecular weight is 402 g/mol. The van der Waals surface area contributed by atoms with E-state index in [4.69, 9.17) is 4.74 Å². The maximum Gasteiger partial charge on any atom is 0.228 e. The fourth-order valence-corrected chi connectivity index (χ4v) is 4.00. The highest BCUT2D eigenvalue weighted by molar-refractivity contribution is 7.22. The van der Waals surface area contributed by atoms with Crippen molar-refractivity contribution in [1.29, 1.82) is 0 Å². The van der Waals surface area contributed by atoms with Crippen LogP contribution in [0.5, 0.6) is 0 Å². The number of aromatic nitrogens is 1. The number of anilines is 1. The summed E-state index contributed by atoms with van der Waals surface area (Å²) in [4.78, 5) is 21.0. The maximum atomic E-state index is 13.9. The molecule has 0 unspecified atom stereocenters. The van der Waals surface area contributed by atoms with Gasteiger partial charge in [0.25, 0.3) is 0 Å². The van der Waals surface area contributed by atoms with Crippen LogP contribution in [-0.2, 0) is 9.53 Å². The van der Waals surface area contributed by atoms with Crippen molar-refractivity contribution in [2.45, 2.75) is 26.2 Å². The molecule has 3 rings (SSSR count). The van der Waals surface area contributed by atoms with Gasteiger partial charge in [-0.15, -0.1) is 12.4 Å². The molecular formula is C18H25ClFN3O2S. The molecule has 1 saturated heterocycles. The maximum absolute atomic E-state index is 13.9. The molecule has 2 heterocycles. The third kappa shape index (κ3) is 5.13. The number of nitrogens with zero attached hydrogens (tertiary/aromatic N) is 3. The Morgan fingerprint density at radius 1 is 1.38 bits per heavy atom. The molecule has 0 atom stereocenters. The second-order valence-corrected chi connectivity index (χ2v) is 7.20. The van der Waals surface area contributed by atoms with Gasteiger partial charge in [-0.05, 0) is 25.0 Å². The van der Waals surface area contributed by atoms with E-state index in [-0.39, 0.29) is 24.1 Å². The van der Waals surface area contributed by atoms with E-state index in [1.165, 1.54) is 17.4 Å². The van der Waals surface area contributed by atoms with Gasteiger partial charge in [0.2, 0.25) is 5.91 Å². The molecule has 144 valence electrons. The number of hydrogen-bond donors (Lipinski definition) is 0. The predicted octanol–water partition coefficient (Wildman–Crippen LogP) is 3.71. The molecule has 1 aliphatic rings. The van der Waals surface area contributed by atoms with Crippen LogP contribution in [0.3, 0.4) is 0 Å². The Morgan fingerprint density at radius 2 is 2.15 bits per heavy atom. The fraction of sp³-hybridized carbons (Fsp3) is 0.556. The molecule has 0 N–H and O–H groups in total. The second kappa shape index (κ2) is 10.2. The first-order valence-corrected chi connectivity index (χ1v) is 9.66. The number of carbonyl (C=O) groups is 1. The van der Waals surface area contributed by atoms with E-state index in [9.17, 15) is 9.18 Å². The minimum Gasteiger partial charge on any atom is -0.379 e. The molecule has 0 bridgehead atoms. The van der Waals surface area contributed by atoms with Crippen LogP contribution in [0.15, 0.2) is 18.2 Å². The fourth-order valence-electron chi connectivity index (χ4n) is 2.97. The molecule has 0 saturated carbocycles. The van der Waals surface area contributed by atoms with Crippen LogP contribution in [0.4, 0.5) is 9.52 Å². The van der Waals surface area contributed by atoms with Crippen LogP contribution in [0.25, 0.3) is 10.2 Å². The first-order chi connectivity index (χ1) is 12.2. The van der Waals surface area contributed by atoms with Gasteiger partial charge in [0, 0.05) is 32.6 Å². The molecular weight excluding hydrogens is 377 g/mol.